The molecular formula is C24H17F3N2O3. The molecule has 0 amide bonds. The van der Waals surface area contributed by atoms with Crippen LogP contribution in [0.1, 0.15) is 32.7 Å². The lowest BCUT2D eigenvalue weighted by atomic mass is 10.1. The molecule has 0 aliphatic carbocycles. The van der Waals surface area contributed by atoms with Gasteiger partial charge in [-0.05, 0) is 42.0 Å². The minimum atomic E-state index is -4.50. The van der Waals surface area contributed by atoms with Crippen molar-refractivity contribution in [3.05, 3.63) is 94.8 Å². The Kier molecular flexibility index (Phi) is 6.90. The Hall–Kier alpha value is -4.12. The van der Waals surface area contributed by atoms with Crippen LogP contribution in [0.3, 0.4) is 0 Å². The second kappa shape index (κ2) is 9.79. The SMILES string of the molecule is COC(=O)c1ccc(COc2ccccc2/C=C(\C#N)c2ccc(C(F)(F)F)cn2)cc1. The minimum Gasteiger partial charge on any atom is -0.488 e. The summed E-state index contributed by atoms with van der Waals surface area (Å²) < 4.78 is 48.8. The van der Waals surface area contributed by atoms with E-state index in [0.29, 0.717) is 23.1 Å². The average molecular weight is 438 g/mol. The molecule has 0 saturated carbocycles. The van der Waals surface area contributed by atoms with Gasteiger partial charge in [0.2, 0.25) is 0 Å². The number of carbonyl (C=O) groups excluding carboxylic acids is 1. The number of methoxy groups -OCH3 is 1. The normalized spacial score (nSPS) is 11.5. The molecule has 0 fully saturated rings. The van der Waals surface area contributed by atoms with E-state index in [1.54, 1.807) is 48.5 Å². The van der Waals surface area contributed by atoms with Crippen LogP contribution < -0.4 is 4.74 Å². The quantitative estimate of drug-likeness (QED) is 0.374. The number of hydrogen-bond donors (Lipinski definition) is 0. The molecule has 0 atom stereocenters. The lowest BCUT2D eigenvalue weighted by Gasteiger charge is -2.10. The molecule has 1 aromatic heterocycles. The zero-order valence-electron chi connectivity index (χ0n) is 16.9. The van der Waals surface area contributed by atoms with E-state index in [1.165, 1.54) is 13.2 Å². The Balaban J connectivity index is 1.80. The van der Waals surface area contributed by atoms with Crippen LogP contribution in [0.15, 0.2) is 66.9 Å². The van der Waals surface area contributed by atoms with Crippen molar-refractivity contribution in [2.24, 2.45) is 0 Å². The van der Waals surface area contributed by atoms with Crippen molar-refractivity contribution in [3.63, 3.8) is 0 Å². The van der Waals surface area contributed by atoms with Crippen LogP contribution in [0.25, 0.3) is 11.6 Å². The number of carbonyl (C=O) groups is 1. The van der Waals surface area contributed by atoms with Crippen LogP contribution in [-0.4, -0.2) is 18.1 Å². The highest BCUT2D eigenvalue weighted by Crippen LogP contribution is 2.30. The maximum Gasteiger partial charge on any atom is 0.417 e. The fourth-order valence-electron chi connectivity index (χ4n) is 2.79. The highest BCUT2D eigenvalue weighted by molar-refractivity contribution is 5.90. The van der Waals surface area contributed by atoms with E-state index in [-0.39, 0.29) is 17.9 Å². The Morgan fingerprint density at radius 3 is 2.41 bits per heavy atom. The molecule has 0 radical (unpaired) electrons. The van der Waals surface area contributed by atoms with Crippen molar-refractivity contribution in [1.29, 1.82) is 5.26 Å². The lowest BCUT2D eigenvalue weighted by molar-refractivity contribution is -0.137. The topological polar surface area (TPSA) is 72.2 Å². The zero-order chi connectivity index (χ0) is 23.1. The van der Waals surface area contributed by atoms with Crippen LogP contribution in [-0.2, 0) is 17.5 Å². The van der Waals surface area contributed by atoms with Gasteiger partial charge in [0, 0.05) is 11.8 Å². The lowest BCUT2D eigenvalue weighted by Crippen LogP contribution is -2.05. The highest BCUT2D eigenvalue weighted by Gasteiger charge is 2.30. The Labute approximate surface area is 182 Å². The summed E-state index contributed by atoms with van der Waals surface area (Å²) in [6, 6.07) is 17.7. The standard InChI is InChI=1S/C24H17F3N2O3/c1-31-23(30)17-8-6-16(7-9-17)15-32-22-5-3-2-4-18(22)12-19(13-28)21-11-10-20(14-29-21)24(25,26)27/h2-12,14H,15H2,1H3/b19-12+. The number of ether oxygens (including phenoxy) is 2. The van der Waals surface area contributed by atoms with Crippen molar-refractivity contribution in [3.8, 4) is 11.8 Å². The van der Waals surface area contributed by atoms with Gasteiger partial charge in [-0.15, -0.1) is 0 Å². The molecule has 32 heavy (non-hydrogen) atoms. The first-order chi connectivity index (χ1) is 15.3. The van der Waals surface area contributed by atoms with Gasteiger partial charge in [-0.1, -0.05) is 30.3 Å². The summed E-state index contributed by atoms with van der Waals surface area (Å²) in [7, 11) is 1.31. The van der Waals surface area contributed by atoms with Crippen molar-refractivity contribution >= 4 is 17.6 Å². The molecule has 1 heterocycles. The van der Waals surface area contributed by atoms with Crippen molar-refractivity contribution in [1.82, 2.24) is 4.98 Å². The molecule has 0 aliphatic rings. The predicted molar refractivity (Wildman–Crippen MR) is 111 cm³/mol. The van der Waals surface area contributed by atoms with E-state index >= 15 is 0 Å². The van der Waals surface area contributed by atoms with Gasteiger partial charge in [0.15, 0.2) is 0 Å². The summed E-state index contributed by atoms with van der Waals surface area (Å²) in [6.07, 6.45) is -2.30. The molecule has 2 aromatic carbocycles. The molecule has 0 saturated heterocycles. The van der Waals surface area contributed by atoms with Crippen LogP contribution >= 0.6 is 0 Å². The number of benzene rings is 2. The average Bonchev–Trinajstić information content (AvgIpc) is 2.81. The van der Waals surface area contributed by atoms with E-state index in [9.17, 15) is 23.2 Å². The van der Waals surface area contributed by atoms with Crippen LogP contribution in [0, 0.1) is 11.3 Å². The number of esters is 1. The fourth-order valence-corrected chi connectivity index (χ4v) is 2.79. The first kappa shape index (κ1) is 22.6. The van der Waals surface area contributed by atoms with Gasteiger partial charge in [-0.3, -0.25) is 4.98 Å². The van der Waals surface area contributed by atoms with Gasteiger partial charge < -0.3 is 9.47 Å². The summed E-state index contributed by atoms with van der Waals surface area (Å²) in [5.74, 6) is 0.0399. The third-order valence-electron chi connectivity index (χ3n) is 4.48. The van der Waals surface area contributed by atoms with E-state index in [4.69, 9.17) is 4.74 Å². The van der Waals surface area contributed by atoms with E-state index in [2.05, 4.69) is 9.72 Å². The first-order valence-corrected chi connectivity index (χ1v) is 9.36. The largest absolute Gasteiger partial charge is 0.488 e. The first-order valence-electron chi connectivity index (χ1n) is 9.36. The van der Waals surface area contributed by atoms with Crippen LogP contribution in [0.5, 0.6) is 5.75 Å². The number of halogens is 3. The molecule has 3 aromatic rings. The zero-order valence-corrected chi connectivity index (χ0v) is 16.9. The van der Waals surface area contributed by atoms with Gasteiger partial charge in [0.05, 0.1) is 29.5 Å². The van der Waals surface area contributed by atoms with E-state index in [1.807, 2.05) is 6.07 Å². The molecular weight excluding hydrogens is 421 g/mol. The third kappa shape index (κ3) is 5.52. The second-order valence-electron chi connectivity index (χ2n) is 6.61. The number of nitrogens with zero attached hydrogens (tertiary/aromatic N) is 2. The number of rotatable bonds is 6. The monoisotopic (exact) mass is 438 g/mol. The molecule has 0 bridgehead atoms. The smallest absolute Gasteiger partial charge is 0.417 e. The molecule has 5 nitrogen and oxygen atoms in total. The van der Waals surface area contributed by atoms with Crippen molar-refractivity contribution in [2.75, 3.05) is 7.11 Å². The van der Waals surface area contributed by atoms with Gasteiger partial charge in [0.1, 0.15) is 18.4 Å². The van der Waals surface area contributed by atoms with Crippen LogP contribution in [0.4, 0.5) is 13.2 Å². The Bertz CT molecular complexity index is 1160. The van der Waals surface area contributed by atoms with Crippen molar-refractivity contribution < 1.29 is 27.4 Å². The number of para-hydroxylation sites is 1. The third-order valence-corrected chi connectivity index (χ3v) is 4.48. The molecule has 162 valence electrons. The minimum absolute atomic E-state index is 0.0946. The number of nitriles is 1. The molecule has 0 N–H and O–H groups in total. The van der Waals surface area contributed by atoms with E-state index < -0.39 is 17.7 Å². The molecule has 0 spiro atoms. The maximum absolute atomic E-state index is 12.7. The molecule has 3 rings (SSSR count). The molecule has 0 unspecified atom stereocenters. The second-order valence-corrected chi connectivity index (χ2v) is 6.61. The highest BCUT2D eigenvalue weighted by atomic mass is 19.4. The summed E-state index contributed by atoms with van der Waals surface area (Å²) in [5.41, 5.74) is 1.12. The summed E-state index contributed by atoms with van der Waals surface area (Å²) in [6.45, 7) is 0.201. The summed E-state index contributed by atoms with van der Waals surface area (Å²) >= 11 is 0. The maximum atomic E-state index is 12.7. The summed E-state index contributed by atoms with van der Waals surface area (Å²) in [4.78, 5) is 15.3. The molecule has 0 aliphatic heterocycles. The number of aromatic nitrogens is 1. The van der Waals surface area contributed by atoms with Gasteiger partial charge >= 0.3 is 12.1 Å². The van der Waals surface area contributed by atoms with E-state index in [0.717, 1.165) is 17.7 Å². The van der Waals surface area contributed by atoms with Gasteiger partial charge in [-0.25, -0.2) is 4.79 Å². The number of allylic oxidation sites excluding steroid dienone is 1. The Morgan fingerprint density at radius 2 is 1.81 bits per heavy atom. The van der Waals surface area contributed by atoms with Gasteiger partial charge in [0.25, 0.3) is 0 Å². The summed E-state index contributed by atoms with van der Waals surface area (Å²) in [5, 5.41) is 9.50. The fraction of sp³-hybridized carbons (Fsp3) is 0.125. The Morgan fingerprint density at radius 1 is 1.09 bits per heavy atom. The van der Waals surface area contributed by atoms with Gasteiger partial charge in [-0.2, -0.15) is 18.4 Å². The number of pyridine rings is 1. The number of alkyl halides is 3. The van der Waals surface area contributed by atoms with Crippen LogP contribution in [0.2, 0.25) is 0 Å². The number of hydrogen-bond acceptors (Lipinski definition) is 5. The predicted octanol–water partition coefficient (Wildman–Crippen LogP) is 5.53. The molecule has 8 heteroatoms. The van der Waals surface area contributed by atoms with Crippen molar-refractivity contribution in [2.45, 2.75) is 12.8 Å².